The Morgan fingerprint density at radius 1 is 1.12 bits per heavy atom. The van der Waals surface area contributed by atoms with Crippen LogP contribution in [0.15, 0.2) is 30.3 Å². The molecular weight excluding hydrogens is 304 g/mol. The van der Waals surface area contributed by atoms with E-state index >= 15 is 0 Å². The lowest BCUT2D eigenvalue weighted by atomic mass is 9.95. The first-order chi connectivity index (χ1) is 11.5. The van der Waals surface area contributed by atoms with Gasteiger partial charge in [-0.1, -0.05) is 18.2 Å². The number of hydrogen-bond acceptors (Lipinski definition) is 3. The van der Waals surface area contributed by atoms with Gasteiger partial charge in [0, 0.05) is 45.5 Å². The Labute approximate surface area is 143 Å². The largest absolute Gasteiger partial charge is 0.348 e. The maximum Gasteiger partial charge on any atom is 0.322 e. The molecule has 6 heteroatoms. The summed E-state index contributed by atoms with van der Waals surface area (Å²) in [6.45, 7) is 2.88. The summed E-state index contributed by atoms with van der Waals surface area (Å²) in [4.78, 5) is 30.5. The van der Waals surface area contributed by atoms with Gasteiger partial charge in [0.05, 0.1) is 6.54 Å². The van der Waals surface area contributed by atoms with Crippen LogP contribution in [0, 0.1) is 5.92 Å². The number of fused-ring (bicyclic) bond motifs is 4. The number of carbonyl (C=O) groups excluding carboxylic acids is 2. The number of nitrogens with zero attached hydrogens (tertiary/aromatic N) is 3. The molecule has 3 aliphatic heterocycles. The zero-order chi connectivity index (χ0) is 17.1. The van der Waals surface area contributed by atoms with Crippen molar-refractivity contribution in [2.45, 2.75) is 18.9 Å². The Kier molecular flexibility index (Phi) is 5.04. The molecule has 0 radical (unpaired) electrons. The van der Waals surface area contributed by atoms with Gasteiger partial charge >= 0.3 is 6.03 Å². The second-order valence-corrected chi connectivity index (χ2v) is 7.03. The second kappa shape index (κ2) is 7.21. The highest BCUT2D eigenvalue weighted by Crippen LogP contribution is 2.28. The molecule has 3 heterocycles. The average Bonchev–Trinajstić information content (AvgIpc) is 2.86. The second-order valence-electron chi connectivity index (χ2n) is 7.03. The van der Waals surface area contributed by atoms with Gasteiger partial charge in [0.2, 0.25) is 5.91 Å². The molecule has 130 valence electrons. The number of likely N-dealkylation sites (N-methyl/N-ethyl adjacent to an activating group) is 1. The Hall–Kier alpha value is -2.08. The molecule has 0 spiro atoms. The van der Waals surface area contributed by atoms with Crippen LogP contribution in [0.25, 0.3) is 0 Å². The summed E-state index contributed by atoms with van der Waals surface area (Å²) >= 11 is 0. The van der Waals surface area contributed by atoms with E-state index in [1.807, 2.05) is 35.2 Å². The zero-order valence-corrected chi connectivity index (χ0v) is 14.4. The molecule has 0 aromatic heterocycles. The number of piperidine rings is 1. The third-order valence-corrected chi connectivity index (χ3v) is 4.93. The van der Waals surface area contributed by atoms with Crippen molar-refractivity contribution in [1.29, 1.82) is 0 Å². The summed E-state index contributed by atoms with van der Waals surface area (Å²) in [7, 11) is 3.57. The van der Waals surface area contributed by atoms with Crippen LogP contribution in [0.5, 0.6) is 0 Å². The summed E-state index contributed by atoms with van der Waals surface area (Å²) in [5.41, 5.74) is 0.822. The normalized spacial score (nSPS) is 23.7. The Morgan fingerprint density at radius 3 is 2.58 bits per heavy atom. The van der Waals surface area contributed by atoms with Crippen LogP contribution in [0.1, 0.15) is 12.8 Å². The molecule has 0 saturated carbocycles. The van der Waals surface area contributed by atoms with Crippen molar-refractivity contribution in [3.63, 3.8) is 0 Å². The molecule has 3 amide bonds. The first kappa shape index (κ1) is 16.8. The van der Waals surface area contributed by atoms with Crippen molar-refractivity contribution in [3.8, 4) is 0 Å². The van der Waals surface area contributed by atoms with E-state index in [0.717, 1.165) is 38.2 Å². The Balaban J connectivity index is 1.65. The number of amides is 3. The van der Waals surface area contributed by atoms with Gasteiger partial charge in [0.25, 0.3) is 0 Å². The summed E-state index contributed by atoms with van der Waals surface area (Å²) in [6.07, 6.45) is 2.14. The van der Waals surface area contributed by atoms with Gasteiger partial charge in [-0.15, -0.1) is 0 Å². The molecule has 2 atom stereocenters. The van der Waals surface area contributed by atoms with Gasteiger partial charge in [0.15, 0.2) is 0 Å². The van der Waals surface area contributed by atoms with E-state index in [2.05, 4.69) is 10.2 Å². The van der Waals surface area contributed by atoms with Crippen LogP contribution < -0.4 is 5.32 Å². The molecule has 3 fully saturated rings. The summed E-state index contributed by atoms with van der Waals surface area (Å²) in [5, 5.41) is 2.99. The molecule has 4 rings (SSSR count). The van der Waals surface area contributed by atoms with E-state index in [0.29, 0.717) is 12.5 Å². The molecular formula is C18H26N4O2. The van der Waals surface area contributed by atoms with Gasteiger partial charge in [-0.2, -0.15) is 0 Å². The van der Waals surface area contributed by atoms with Gasteiger partial charge in [-0.3, -0.25) is 9.69 Å². The van der Waals surface area contributed by atoms with Crippen molar-refractivity contribution < 1.29 is 9.59 Å². The molecule has 1 aromatic rings. The van der Waals surface area contributed by atoms with E-state index in [1.54, 1.807) is 19.0 Å². The lowest BCUT2D eigenvalue weighted by Gasteiger charge is -2.36. The number of para-hydroxylation sites is 1. The lowest BCUT2D eigenvalue weighted by molar-refractivity contribution is -0.129. The van der Waals surface area contributed by atoms with Gasteiger partial charge in [-0.05, 0) is 30.9 Å². The van der Waals surface area contributed by atoms with Crippen LogP contribution >= 0.6 is 0 Å². The van der Waals surface area contributed by atoms with E-state index in [9.17, 15) is 9.59 Å². The summed E-state index contributed by atoms with van der Waals surface area (Å²) < 4.78 is 0. The van der Waals surface area contributed by atoms with Gasteiger partial charge < -0.3 is 15.1 Å². The lowest BCUT2D eigenvalue weighted by Crippen LogP contribution is -2.49. The quantitative estimate of drug-likeness (QED) is 0.918. The molecule has 1 N–H and O–H groups in total. The molecule has 0 aliphatic carbocycles. The van der Waals surface area contributed by atoms with Crippen LogP contribution in [0.3, 0.4) is 0 Å². The van der Waals surface area contributed by atoms with Crippen molar-refractivity contribution in [1.82, 2.24) is 14.7 Å². The predicted octanol–water partition coefficient (Wildman–Crippen LogP) is 1.70. The SMILES string of the molecule is CN(C)C(=O)CN1C[C@H]2CC[C@@H](C1)N(C(=O)Nc1ccccc1)C2. The minimum atomic E-state index is -0.0308. The summed E-state index contributed by atoms with van der Waals surface area (Å²) in [5.74, 6) is 0.567. The third-order valence-electron chi connectivity index (χ3n) is 4.93. The highest BCUT2D eigenvalue weighted by atomic mass is 16.2. The number of urea groups is 1. The van der Waals surface area contributed by atoms with Crippen LogP contribution in [-0.4, -0.2) is 73.0 Å². The molecule has 6 nitrogen and oxygen atoms in total. The monoisotopic (exact) mass is 330 g/mol. The fraction of sp³-hybridized carbons (Fsp3) is 0.556. The van der Waals surface area contributed by atoms with Crippen LogP contribution in [0.2, 0.25) is 0 Å². The van der Waals surface area contributed by atoms with Gasteiger partial charge in [0.1, 0.15) is 0 Å². The fourth-order valence-electron chi connectivity index (χ4n) is 3.61. The minimum absolute atomic E-state index is 0.0308. The van der Waals surface area contributed by atoms with E-state index in [1.165, 1.54) is 0 Å². The average molecular weight is 330 g/mol. The minimum Gasteiger partial charge on any atom is -0.348 e. The fourth-order valence-corrected chi connectivity index (χ4v) is 3.61. The zero-order valence-electron chi connectivity index (χ0n) is 14.4. The molecule has 0 unspecified atom stereocenters. The van der Waals surface area contributed by atoms with E-state index < -0.39 is 0 Å². The molecule has 2 bridgehead atoms. The smallest absolute Gasteiger partial charge is 0.322 e. The number of hydrogen-bond donors (Lipinski definition) is 1. The molecule has 1 aromatic carbocycles. The number of benzene rings is 1. The van der Waals surface area contributed by atoms with Crippen LogP contribution in [0.4, 0.5) is 10.5 Å². The maximum atomic E-state index is 12.7. The van der Waals surface area contributed by atoms with E-state index in [4.69, 9.17) is 0 Å². The summed E-state index contributed by atoms with van der Waals surface area (Å²) in [6, 6.07) is 9.71. The highest BCUT2D eigenvalue weighted by Gasteiger charge is 2.37. The maximum absolute atomic E-state index is 12.7. The number of rotatable bonds is 3. The first-order valence-corrected chi connectivity index (χ1v) is 8.58. The number of nitrogens with one attached hydrogen (secondary N) is 1. The Morgan fingerprint density at radius 2 is 1.88 bits per heavy atom. The van der Waals surface area contributed by atoms with E-state index in [-0.39, 0.29) is 18.0 Å². The van der Waals surface area contributed by atoms with Gasteiger partial charge in [-0.25, -0.2) is 4.79 Å². The molecule has 3 saturated heterocycles. The first-order valence-electron chi connectivity index (χ1n) is 8.58. The van der Waals surface area contributed by atoms with Crippen molar-refractivity contribution in [2.24, 2.45) is 5.92 Å². The topological polar surface area (TPSA) is 55.9 Å². The predicted molar refractivity (Wildman–Crippen MR) is 93.8 cm³/mol. The number of carbonyl (C=O) groups is 2. The molecule has 3 aliphatic rings. The Bertz CT molecular complexity index is 590. The van der Waals surface area contributed by atoms with Crippen LogP contribution in [-0.2, 0) is 4.79 Å². The highest BCUT2D eigenvalue weighted by molar-refractivity contribution is 5.89. The van der Waals surface area contributed by atoms with Crippen molar-refractivity contribution in [3.05, 3.63) is 30.3 Å². The van der Waals surface area contributed by atoms with Crippen molar-refractivity contribution in [2.75, 3.05) is 45.6 Å². The van der Waals surface area contributed by atoms with Crippen molar-refractivity contribution >= 4 is 17.6 Å². The standard InChI is InChI=1S/C18H26N4O2/c1-20(2)17(23)13-21-10-14-8-9-16(12-21)22(11-14)18(24)19-15-6-4-3-5-7-15/h3-7,14,16H,8-13H2,1-2H3,(H,19,24)/t14-,16+/m1/s1. The molecule has 24 heavy (non-hydrogen) atoms. The number of anilines is 1. The third kappa shape index (κ3) is 3.87.